The molecule has 0 aliphatic heterocycles. The zero-order chi connectivity index (χ0) is 15.4. The lowest BCUT2D eigenvalue weighted by Gasteiger charge is -2.01. The molecule has 0 saturated heterocycles. The first-order valence-corrected chi connectivity index (χ1v) is 9.34. The van der Waals surface area contributed by atoms with Gasteiger partial charge in [-0.15, -0.1) is 0 Å². The third-order valence-electron chi connectivity index (χ3n) is 1.44. The Labute approximate surface area is 125 Å². The van der Waals surface area contributed by atoms with Crippen LogP contribution in [0, 0.1) is 0 Å². The summed E-state index contributed by atoms with van der Waals surface area (Å²) in [6, 6.07) is 3.59. The maximum absolute atomic E-state index is 11.0. The summed E-state index contributed by atoms with van der Waals surface area (Å²) in [5, 5.41) is 8.61. The van der Waals surface area contributed by atoms with Crippen LogP contribution in [0.15, 0.2) is 27.6 Å². The maximum Gasteiger partial charge on any atom is 0.353 e. The van der Waals surface area contributed by atoms with Gasteiger partial charge >= 0.3 is 15.3 Å². The standard InChI is InChI=1S/C7H4BrClO4S.ClHO3S/c8-5-2-1-4(7(10)11)3-6(5)14(9,12)13;1-5(2,3)4/h1-3H,(H,10,11);(H,2,3,4). The number of halogens is 3. The van der Waals surface area contributed by atoms with Crippen molar-refractivity contribution in [2.24, 2.45) is 0 Å². The van der Waals surface area contributed by atoms with Crippen molar-refractivity contribution >= 4 is 61.6 Å². The van der Waals surface area contributed by atoms with E-state index in [0.717, 1.165) is 6.07 Å². The maximum atomic E-state index is 11.0. The fourth-order valence-corrected chi connectivity index (χ4v) is 2.94. The first-order valence-electron chi connectivity index (χ1n) is 3.97. The summed E-state index contributed by atoms with van der Waals surface area (Å²) >= 11 is 2.96. The lowest BCUT2D eigenvalue weighted by molar-refractivity contribution is 0.0696. The first-order chi connectivity index (χ1) is 8.32. The summed E-state index contributed by atoms with van der Waals surface area (Å²) in [6.07, 6.45) is 0. The van der Waals surface area contributed by atoms with Crippen LogP contribution in [0.3, 0.4) is 0 Å². The molecule has 0 heterocycles. The average Bonchev–Trinajstić information content (AvgIpc) is 2.13. The van der Waals surface area contributed by atoms with Crippen LogP contribution in [0.5, 0.6) is 0 Å². The number of hydrogen-bond donors (Lipinski definition) is 2. The third kappa shape index (κ3) is 8.39. The van der Waals surface area contributed by atoms with E-state index in [0.29, 0.717) is 0 Å². The molecule has 1 aromatic carbocycles. The van der Waals surface area contributed by atoms with E-state index in [1.54, 1.807) is 0 Å². The van der Waals surface area contributed by atoms with Crippen LogP contribution in [0.1, 0.15) is 10.4 Å². The molecule has 1 rings (SSSR count). The van der Waals surface area contributed by atoms with E-state index in [1.807, 2.05) is 0 Å². The van der Waals surface area contributed by atoms with Crippen molar-refractivity contribution in [1.82, 2.24) is 0 Å². The number of rotatable bonds is 2. The normalized spacial score (nSPS) is 11.4. The Morgan fingerprint density at radius 3 is 1.89 bits per heavy atom. The van der Waals surface area contributed by atoms with Crippen LogP contribution in [0.2, 0.25) is 0 Å². The van der Waals surface area contributed by atoms with Crippen molar-refractivity contribution in [1.29, 1.82) is 0 Å². The van der Waals surface area contributed by atoms with Gasteiger partial charge in [0.05, 0.1) is 10.5 Å². The van der Waals surface area contributed by atoms with Gasteiger partial charge in [0.1, 0.15) is 0 Å². The molecule has 0 atom stereocenters. The first kappa shape index (κ1) is 18.6. The Hall–Kier alpha value is -0.390. The van der Waals surface area contributed by atoms with Gasteiger partial charge in [-0.25, -0.2) is 13.2 Å². The van der Waals surface area contributed by atoms with Crippen molar-refractivity contribution in [2.75, 3.05) is 0 Å². The molecule has 0 aliphatic carbocycles. The molecular formula is C7H5BrCl2O7S2. The molecular weight excluding hydrogens is 411 g/mol. The highest BCUT2D eigenvalue weighted by Gasteiger charge is 2.16. The van der Waals surface area contributed by atoms with Crippen molar-refractivity contribution in [3.8, 4) is 0 Å². The van der Waals surface area contributed by atoms with Crippen LogP contribution in [-0.4, -0.2) is 32.5 Å². The van der Waals surface area contributed by atoms with E-state index in [1.165, 1.54) is 12.1 Å². The molecule has 12 heteroatoms. The quantitative estimate of drug-likeness (QED) is 0.559. The molecule has 0 spiro atoms. The number of carboxylic acid groups (broad SMARTS) is 1. The van der Waals surface area contributed by atoms with Gasteiger partial charge in [0.25, 0.3) is 9.05 Å². The summed E-state index contributed by atoms with van der Waals surface area (Å²) in [7, 11) is 1.03. The van der Waals surface area contributed by atoms with Crippen molar-refractivity contribution < 1.29 is 31.3 Å². The Morgan fingerprint density at radius 2 is 1.58 bits per heavy atom. The minimum Gasteiger partial charge on any atom is -0.478 e. The second-order valence-corrected chi connectivity index (χ2v) is 8.18. The highest BCUT2D eigenvalue weighted by atomic mass is 79.9. The average molecular weight is 416 g/mol. The Kier molecular flexibility index (Phi) is 6.72. The molecule has 0 unspecified atom stereocenters. The molecule has 1 aromatic rings. The zero-order valence-electron chi connectivity index (χ0n) is 8.62. The largest absolute Gasteiger partial charge is 0.478 e. The molecule has 7 nitrogen and oxygen atoms in total. The van der Waals surface area contributed by atoms with Gasteiger partial charge in [0.2, 0.25) is 0 Å². The minimum atomic E-state index is -4.19. The molecule has 0 fully saturated rings. The van der Waals surface area contributed by atoms with Gasteiger partial charge in [0, 0.05) is 25.8 Å². The van der Waals surface area contributed by atoms with Gasteiger partial charge in [-0.2, -0.15) is 8.42 Å². The summed E-state index contributed by atoms with van der Waals surface area (Å²) in [5.74, 6) is -1.21. The molecule has 0 aromatic heterocycles. The topological polar surface area (TPSA) is 126 Å². The van der Waals surface area contributed by atoms with E-state index in [9.17, 15) is 13.2 Å². The van der Waals surface area contributed by atoms with E-state index in [-0.39, 0.29) is 14.9 Å². The van der Waals surface area contributed by atoms with Crippen molar-refractivity contribution in [2.45, 2.75) is 4.90 Å². The number of aromatic carboxylic acids is 1. The van der Waals surface area contributed by atoms with Crippen LogP contribution in [0.25, 0.3) is 0 Å². The van der Waals surface area contributed by atoms with Crippen LogP contribution >= 0.6 is 37.3 Å². The molecule has 0 saturated carbocycles. The molecule has 19 heavy (non-hydrogen) atoms. The SMILES string of the molecule is O=C(O)c1ccc(Br)c(S(=O)(=O)Cl)c1.O=S(=O)(O)Cl. The Balaban J connectivity index is 0.000000555. The van der Waals surface area contributed by atoms with Crippen LogP contribution in [0.4, 0.5) is 0 Å². The Bertz CT molecular complexity index is 675. The second-order valence-electron chi connectivity index (χ2n) is 2.80. The predicted octanol–water partition coefficient (Wildman–Crippen LogP) is 2.10. The highest BCUT2D eigenvalue weighted by molar-refractivity contribution is 9.10. The number of carbonyl (C=O) groups is 1. The number of benzene rings is 1. The summed E-state index contributed by atoms with van der Waals surface area (Å²) < 4.78 is 47.3. The van der Waals surface area contributed by atoms with Crippen LogP contribution in [-0.2, 0) is 18.4 Å². The number of hydrogen-bond acceptors (Lipinski definition) is 5. The molecule has 0 radical (unpaired) electrons. The summed E-state index contributed by atoms with van der Waals surface area (Å²) in [4.78, 5) is 10.3. The zero-order valence-corrected chi connectivity index (χ0v) is 13.3. The molecule has 2 N–H and O–H groups in total. The van der Waals surface area contributed by atoms with Gasteiger partial charge < -0.3 is 5.11 Å². The summed E-state index contributed by atoms with van der Waals surface area (Å²) in [5.41, 5.74) is -0.132. The van der Waals surface area contributed by atoms with Gasteiger partial charge in [-0.1, -0.05) is 0 Å². The molecule has 0 amide bonds. The fraction of sp³-hybridized carbons (Fsp3) is 0. The van der Waals surface area contributed by atoms with Gasteiger partial charge in [-0.3, -0.25) is 4.55 Å². The highest BCUT2D eigenvalue weighted by Crippen LogP contribution is 2.26. The monoisotopic (exact) mass is 414 g/mol. The Morgan fingerprint density at radius 1 is 1.16 bits per heavy atom. The number of carboxylic acids is 1. The van der Waals surface area contributed by atoms with Gasteiger partial charge in [-0.05, 0) is 34.1 Å². The fourth-order valence-electron chi connectivity index (χ4n) is 0.823. The molecule has 0 aliphatic rings. The minimum absolute atomic E-state index is 0.132. The van der Waals surface area contributed by atoms with Crippen molar-refractivity contribution in [3.63, 3.8) is 0 Å². The third-order valence-corrected chi connectivity index (χ3v) is 3.76. The molecule has 108 valence electrons. The summed E-state index contributed by atoms with van der Waals surface area (Å²) in [6.45, 7) is 0. The predicted molar refractivity (Wildman–Crippen MR) is 71.5 cm³/mol. The second kappa shape index (κ2) is 6.86. The van der Waals surface area contributed by atoms with E-state index >= 15 is 0 Å². The lowest BCUT2D eigenvalue weighted by Crippen LogP contribution is -2.00. The molecule has 0 bridgehead atoms. The van der Waals surface area contributed by atoms with Crippen LogP contribution < -0.4 is 0 Å². The van der Waals surface area contributed by atoms with E-state index in [2.05, 4.69) is 26.6 Å². The van der Waals surface area contributed by atoms with E-state index < -0.39 is 24.4 Å². The van der Waals surface area contributed by atoms with Crippen molar-refractivity contribution in [3.05, 3.63) is 28.2 Å². The smallest absolute Gasteiger partial charge is 0.353 e. The van der Waals surface area contributed by atoms with Gasteiger partial charge in [0.15, 0.2) is 0 Å². The lowest BCUT2D eigenvalue weighted by atomic mass is 10.2. The van der Waals surface area contributed by atoms with E-state index in [4.69, 9.17) is 28.8 Å².